The van der Waals surface area contributed by atoms with Crippen LogP contribution in [0.15, 0.2) is 54.6 Å². The van der Waals surface area contributed by atoms with Gasteiger partial charge in [0.05, 0.1) is 29.9 Å². The lowest BCUT2D eigenvalue weighted by molar-refractivity contribution is 0.100. The maximum Gasteiger partial charge on any atom is 0.316 e. The number of nitrogens with one attached hydrogen (secondary N) is 1. The molecule has 1 aliphatic rings. The lowest BCUT2D eigenvalue weighted by Crippen LogP contribution is -2.44. The quantitative estimate of drug-likeness (QED) is 0.245. The van der Waals surface area contributed by atoms with Crippen LogP contribution in [0.3, 0.4) is 0 Å². The Morgan fingerprint density at radius 1 is 1.05 bits per heavy atom. The maximum atomic E-state index is 15.9. The van der Waals surface area contributed by atoms with E-state index >= 15 is 8.78 Å². The third kappa shape index (κ3) is 5.13. The van der Waals surface area contributed by atoms with Gasteiger partial charge in [-0.25, -0.2) is 18.3 Å². The van der Waals surface area contributed by atoms with Gasteiger partial charge >= 0.3 is 6.03 Å². The van der Waals surface area contributed by atoms with Gasteiger partial charge in [0, 0.05) is 47.8 Å². The number of carbonyl (C=O) groups is 1. The fourth-order valence-electron chi connectivity index (χ4n) is 6.05. The Morgan fingerprint density at radius 3 is 2.38 bits per heavy atom. The monoisotopic (exact) mass is 573 g/mol. The second kappa shape index (κ2) is 11.6. The van der Waals surface area contributed by atoms with Crippen LogP contribution < -0.4 is 15.8 Å². The maximum absolute atomic E-state index is 15.9. The molecule has 0 saturated heterocycles. The second-order valence-corrected chi connectivity index (χ2v) is 11.0. The fourth-order valence-corrected chi connectivity index (χ4v) is 6.05. The summed E-state index contributed by atoms with van der Waals surface area (Å²) in [5, 5.41) is 7.23. The number of nitrogens with zero attached hydrogens (tertiary/aromatic N) is 3. The van der Waals surface area contributed by atoms with E-state index in [4.69, 9.17) is 15.6 Å². The van der Waals surface area contributed by atoms with Crippen LogP contribution >= 0.6 is 0 Å². The number of urea groups is 1. The van der Waals surface area contributed by atoms with E-state index in [1.165, 1.54) is 0 Å². The van der Waals surface area contributed by atoms with Crippen molar-refractivity contribution in [2.45, 2.75) is 59.0 Å². The minimum Gasteiger partial charge on any atom is -0.496 e. The van der Waals surface area contributed by atoms with E-state index in [9.17, 15) is 4.79 Å². The Balaban J connectivity index is 1.73. The van der Waals surface area contributed by atoms with Crippen LogP contribution in [0.4, 0.5) is 19.3 Å². The van der Waals surface area contributed by atoms with Crippen LogP contribution in [0.5, 0.6) is 5.75 Å². The molecule has 3 aromatic carbocycles. The number of hydrogen-bond acceptors (Lipinski definition) is 4. The van der Waals surface area contributed by atoms with Crippen LogP contribution in [0.25, 0.3) is 16.9 Å². The number of ether oxygens (including phenoxy) is 1. The number of hydrogen-bond donors (Lipinski definition) is 2. The molecule has 0 radical (unpaired) electrons. The lowest BCUT2D eigenvalue weighted by Gasteiger charge is -2.41. The highest BCUT2D eigenvalue weighted by Crippen LogP contribution is 2.42. The minimum atomic E-state index is -0.970. The number of halogens is 2. The summed E-state index contributed by atoms with van der Waals surface area (Å²) in [6.45, 7) is 9.63. The van der Waals surface area contributed by atoms with E-state index < -0.39 is 23.2 Å². The highest BCUT2D eigenvalue weighted by Gasteiger charge is 2.37. The van der Waals surface area contributed by atoms with Gasteiger partial charge in [0.1, 0.15) is 17.4 Å². The third-order valence-corrected chi connectivity index (χ3v) is 8.34. The normalized spacial score (nSPS) is 13.6. The van der Waals surface area contributed by atoms with Gasteiger partial charge in [-0.1, -0.05) is 50.2 Å². The molecule has 2 heterocycles. The molecular formula is C33H37F2N5O2. The van der Waals surface area contributed by atoms with E-state index in [1.54, 1.807) is 11.8 Å². The van der Waals surface area contributed by atoms with Crippen molar-refractivity contribution in [3.8, 4) is 22.7 Å². The topological polar surface area (TPSA) is 85.4 Å². The Kier molecular flexibility index (Phi) is 8.06. The molecule has 220 valence electrons. The van der Waals surface area contributed by atoms with Crippen molar-refractivity contribution in [2.75, 3.05) is 19.0 Å². The zero-order valence-electron chi connectivity index (χ0n) is 24.7. The van der Waals surface area contributed by atoms with Gasteiger partial charge in [-0.2, -0.15) is 5.10 Å². The molecule has 0 spiro atoms. The van der Waals surface area contributed by atoms with Crippen LogP contribution in [-0.2, 0) is 31.3 Å². The predicted octanol–water partition coefficient (Wildman–Crippen LogP) is 6.73. The van der Waals surface area contributed by atoms with Crippen LogP contribution in [0, 0.1) is 11.6 Å². The van der Waals surface area contributed by atoms with Gasteiger partial charge in [-0.3, -0.25) is 4.90 Å². The number of fused-ring (bicyclic) bond motifs is 1. The molecule has 42 heavy (non-hydrogen) atoms. The van der Waals surface area contributed by atoms with Crippen molar-refractivity contribution in [2.24, 2.45) is 5.73 Å². The number of methoxy groups -OCH3 is 1. The molecule has 9 heteroatoms. The van der Waals surface area contributed by atoms with Gasteiger partial charge in [-0.15, -0.1) is 0 Å². The number of aromatic nitrogens is 2. The summed E-state index contributed by atoms with van der Waals surface area (Å²) in [5.74, 6) is -0.676. The number of anilines is 1. The first-order chi connectivity index (χ1) is 20.1. The highest BCUT2D eigenvalue weighted by atomic mass is 19.1. The summed E-state index contributed by atoms with van der Waals surface area (Å²) in [7, 11) is 1.66. The number of aryl methyl sites for hydroxylation is 2. The standard InChI is InChI=1S/C33H37F2N5O2/c1-6-20-11-10-12-21(7-2)30(20)40-31(22-17-26(35)28(18-25(22)34)37-32(36)41)23-19-39(16-15-27(23)38-40)33(3,4)24-13-8-9-14-29(24)42-5/h8-14,17-18H,6-7,15-16,19H2,1-5H3,(H3,36,37,41). The van der Waals surface area contributed by atoms with Crippen molar-refractivity contribution >= 4 is 11.7 Å². The molecule has 0 bridgehead atoms. The molecular weight excluding hydrogens is 536 g/mol. The number of benzene rings is 3. The van der Waals surface area contributed by atoms with Crippen molar-refractivity contribution < 1.29 is 18.3 Å². The third-order valence-electron chi connectivity index (χ3n) is 8.34. The summed E-state index contributed by atoms with van der Waals surface area (Å²) in [4.78, 5) is 13.7. The van der Waals surface area contributed by atoms with Gasteiger partial charge in [-0.05, 0) is 49.9 Å². The molecule has 0 fully saturated rings. The summed E-state index contributed by atoms with van der Waals surface area (Å²) in [6.07, 6.45) is 2.13. The van der Waals surface area contributed by atoms with Crippen molar-refractivity contribution in [3.63, 3.8) is 0 Å². The van der Waals surface area contributed by atoms with E-state index in [0.717, 1.165) is 70.9 Å². The number of amides is 2. The average Bonchev–Trinajstić information content (AvgIpc) is 3.36. The summed E-state index contributed by atoms with van der Waals surface area (Å²) < 4.78 is 38.8. The average molecular weight is 574 g/mol. The van der Waals surface area contributed by atoms with E-state index in [2.05, 4.69) is 44.0 Å². The molecule has 3 N–H and O–H groups in total. The zero-order valence-corrected chi connectivity index (χ0v) is 24.7. The molecule has 5 rings (SSSR count). The molecule has 0 saturated carbocycles. The van der Waals surface area contributed by atoms with Gasteiger partial charge < -0.3 is 15.8 Å². The predicted molar refractivity (Wildman–Crippen MR) is 161 cm³/mol. The molecule has 0 unspecified atom stereocenters. The Morgan fingerprint density at radius 2 is 1.74 bits per heavy atom. The largest absolute Gasteiger partial charge is 0.496 e. The molecule has 0 atom stereocenters. The molecule has 1 aromatic heterocycles. The van der Waals surface area contributed by atoms with Crippen LogP contribution in [0.2, 0.25) is 0 Å². The summed E-state index contributed by atoms with van der Waals surface area (Å²) in [5.41, 5.74) is 10.8. The molecule has 7 nitrogen and oxygen atoms in total. The van der Waals surface area contributed by atoms with Crippen LogP contribution in [0.1, 0.15) is 55.6 Å². The Bertz CT molecular complexity index is 1620. The molecule has 0 aliphatic carbocycles. The van der Waals surface area contributed by atoms with E-state index in [-0.39, 0.29) is 11.3 Å². The Labute approximate surface area is 245 Å². The van der Waals surface area contributed by atoms with Crippen molar-refractivity contribution in [1.82, 2.24) is 14.7 Å². The first kappa shape index (κ1) is 29.3. The van der Waals surface area contributed by atoms with Crippen molar-refractivity contribution in [1.29, 1.82) is 0 Å². The number of primary amides is 1. The van der Waals surface area contributed by atoms with E-state index in [0.29, 0.717) is 18.7 Å². The number of para-hydroxylation sites is 2. The second-order valence-electron chi connectivity index (χ2n) is 11.0. The number of carbonyl (C=O) groups excluding carboxylic acids is 1. The first-order valence-corrected chi connectivity index (χ1v) is 14.3. The molecule has 2 amide bonds. The van der Waals surface area contributed by atoms with E-state index in [1.807, 2.05) is 36.4 Å². The minimum absolute atomic E-state index is 0.0705. The highest BCUT2D eigenvalue weighted by molar-refractivity contribution is 5.88. The first-order valence-electron chi connectivity index (χ1n) is 14.3. The lowest BCUT2D eigenvalue weighted by atomic mass is 9.88. The SMILES string of the molecule is CCc1cccc(CC)c1-n1nc2c(c1-c1cc(F)c(NC(N)=O)cc1F)CN(C(C)(C)c1ccccc1OC)CC2. The number of nitrogens with two attached hydrogens (primary N) is 1. The smallest absolute Gasteiger partial charge is 0.316 e. The van der Waals surface area contributed by atoms with Crippen LogP contribution in [-0.4, -0.2) is 34.4 Å². The van der Waals surface area contributed by atoms with Gasteiger partial charge in [0.25, 0.3) is 0 Å². The summed E-state index contributed by atoms with van der Waals surface area (Å²) >= 11 is 0. The molecule has 1 aliphatic heterocycles. The van der Waals surface area contributed by atoms with Crippen molar-refractivity contribution in [3.05, 3.63) is 94.2 Å². The number of rotatable bonds is 8. The van der Waals surface area contributed by atoms with Gasteiger partial charge in [0.2, 0.25) is 0 Å². The summed E-state index contributed by atoms with van der Waals surface area (Å²) in [6, 6.07) is 15.2. The zero-order chi connectivity index (χ0) is 30.2. The Hall–Kier alpha value is -4.24. The van der Waals surface area contributed by atoms with Gasteiger partial charge in [0.15, 0.2) is 0 Å². The molecule has 4 aromatic rings. The fraction of sp³-hybridized carbons (Fsp3) is 0.333.